The summed E-state index contributed by atoms with van der Waals surface area (Å²) in [4.78, 5) is 9.40. The van der Waals surface area contributed by atoms with Crippen LogP contribution < -0.4 is 0 Å². The van der Waals surface area contributed by atoms with Crippen LogP contribution in [0, 0.1) is 0 Å². The third-order valence-corrected chi connectivity index (χ3v) is 5.36. The summed E-state index contributed by atoms with van der Waals surface area (Å²) >= 11 is 6.27. The summed E-state index contributed by atoms with van der Waals surface area (Å²) < 4.78 is 2.15. The van der Waals surface area contributed by atoms with Crippen LogP contribution in [0.4, 0.5) is 5.95 Å². The highest BCUT2D eigenvalue weighted by atomic mass is 35.5. The Balaban J connectivity index is 1.71. The SMILES string of the molecule is CC(C)(C)c1ccc(Cn2c(/N=C\c3ccccc3Cl)nc3ccccc32)cc1. The molecule has 4 rings (SSSR count). The van der Waals surface area contributed by atoms with Gasteiger partial charge in [-0.25, -0.2) is 9.98 Å². The number of fused-ring (bicyclic) bond motifs is 1. The molecule has 4 aromatic rings. The van der Waals surface area contributed by atoms with E-state index in [9.17, 15) is 0 Å². The largest absolute Gasteiger partial charge is 0.304 e. The molecule has 0 radical (unpaired) electrons. The number of imidazole rings is 1. The number of benzene rings is 3. The molecule has 0 N–H and O–H groups in total. The third-order valence-electron chi connectivity index (χ3n) is 5.02. The molecule has 0 aliphatic carbocycles. The molecule has 3 nitrogen and oxygen atoms in total. The van der Waals surface area contributed by atoms with Crippen LogP contribution in [0.3, 0.4) is 0 Å². The predicted octanol–water partition coefficient (Wildman–Crippen LogP) is 6.79. The van der Waals surface area contributed by atoms with Crippen molar-refractivity contribution in [1.29, 1.82) is 0 Å². The molecular formula is C25H24ClN3. The zero-order chi connectivity index (χ0) is 20.4. The van der Waals surface area contributed by atoms with Gasteiger partial charge in [0, 0.05) is 16.8 Å². The number of hydrogen-bond acceptors (Lipinski definition) is 2. The van der Waals surface area contributed by atoms with Crippen molar-refractivity contribution in [1.82, 2.24) is 9.55 Å². The van der Waals surface area contributed by atoms with Gasteiger partial charge >= 0.3 is 0 Å². The van der Waals surface area contributed by atoms with Gasteiger partial charge in [0.15, 0.2) is 0 Å². The average Bonchev–Trinajstić information content (AvgIpc) is 3.05. The topological polar surface area (TPSA) is 30.2 Å². The Kier molecular flexibility index (Phi) is 5.25. The van der Waals surface area contributed by atoms with E-state index >= 15 is 0 Å². The Morgan fingerprint density at radius 2 is 1.62 bits per heavy atom. The Labute approximate surface area is 176 Å². The molecule has 0 saturated heterocycles. The minimum atomic E-state index is 0.143. The highest BCUT2D eigenvalue weighted by Gasteiger charge is 2.14. The van der Waals surface area contributed by atoms with Crippen LogP contribution in [-0.2, 0) is 12.0 Å². The van der Waals surface area contributed by atoms with Gasteiger partial charge in [0.1, 0.15) is 0 Å². The summed E-state index contributed by atoms with van der Waals surface area (Å²) in [5, 5.41) is 0.677. The molecule has 0 aliphatic heterocycles. The van der Waals surface area contributed by atoms with Crippen LogP contribution in [-0.4, -0.2) is 15.8 Å². The summed E-state index contributed by atoms with van der Waals surface area (Å²) in [6.07, 6.45) is 1.78. The lowest BCUT2D eigenvalue weighted by molar-refractivity contribution is 0.590. The highest BCUT2D eigenvalue weighted by Crippen LogP contribution is 2.26. The Morgan fingerprint density at radius 3 is 2.34 bits per heavy atom. The molecule has 1 heterocycles. The molecule has 3 aromatic carbocycles. The van der Waals surface area contributed by atoms with E-state index in [1.807, 2.05) is 42.5 Å². The van der Waals surface area contributed by atoms with Gasteiger partial charge in [-0.05, 0) is 34.7 Å². The van der Waals surface area contributed by atoms with E-state index in [2.05, 4.69) is 60.7 Å². The van der Waals surface area contributed by atoms with Gasteiger partial charge in [-0.2, -0.15) is 0 Å². The van der Waals surface area contributed by atoms with Crippen molar-refractivity contribution in [2.75, 3.05) is 0 Å². The predicted molar refractivity (Wildman–Crippen MR) is 123 cm³/mol. The summed E-state index contributed by atoms with van der Waals surface area (Å²) in [7, 11) is 0. The molecule has 0 bridgehead atoms. The molecular weight excluding hydrogens is 378 g/mol. The van der Waals surface area contributed by atoms with Crippen molar-refractivity contribution in [2.24, 2.45) is 4.99 Å². The number of nitrogens with zero attached hydrogens (tertiary/aromatic N) is 3. The van der Waals surface area contributed by atoms with Crippen LogP contribution in [0.25, 0.3) is 11.0 Å². The van der Waals surface area contributed by atoms with Crippen LogP contribution in [0.2, 0.25) is 5.02 Å². The number of para-hydroxylation sites is 2. The molecule has 0 spiro atoms. The Hall–Kier alpha value is -2.91. The van der Waals surface area contributed by atoms with Gasteiger partial charge in [-0.15, -0.1) is 0 Å². The van der Waals surface area contributed by atoms with Gasteiger partial charge in [0.25, 0.3) is 0 Å². The summed E-state index contributed by atoms with van der Waals surface area (Å²) in [6.45, 7) is 7.40. The first-order chi connectivity index (χ1) is 13.9. The van der Waals surface area contributed by atoms with Crippen LogP contribution in [0.1, 0.15) is 37.5 Å². The number of aromatic nitrogens is 2. The van der Waals surface area contributed by atoms with Crippen LogP contribution >= 0.6 is 11.6 Å². The van der Waals surface area contributed by atoms with Crippen molar-refractivity contribution in [2.45, 2.75) is 32.7 Å². The molecule has 1 aromatic heterocycles. The second kappa shape index (κ2) is 7.84. The molecule has 29 heavy (non-hydrogen) atoms. The minimum absolute atomic E-state index is 0.143. The average molecular weight is 402 g/mol. The van der Waals surface area contributed by atoms with E-state index in [1.54, 1.807) is 6.21 Å². The van der Waals surface area contributed by atoms with Crippen molar-refractivity contribution in [3.63, 3.8) is 0 Å². The molecule has 0 saturated carbocycles. The van der Waals surface area contributed by atoms with E-state index in [4.69, 9.17) is 16.6 Å². The summed E-state index contributed by atoms with van der Waals surface area (Å²) in [5.41, 5.74) is 5.57. The number of rotatable bonds is 4. The number of aliphatic imine (C=N–C) groups is 1. The minimum Gasteiger partial charge on any atom is -0.304 e. The lowest BCUT2D eigenvalue weighted by Gasteiger charge is -2.19. The fraction of sp³-hybridized carbons (Fsp3) is 0.200. The zero-order valence-corrected chi connectivity index (χ0v) is 17.7. The van der Waals surface area contributed by atoms with Gasteiger partial charge in [0.2, 0.25) is 5.95 Å². The Morgan fingerprint density at radius 1 is 0.931 bits per heavy atom. The zero-order valence-electron chi connectivity index (χ0n) is 16.9. The van der Waals surface area contributed by atoms with E-state index in [0.717, 1.165) is 16.6 Å². The molecule has 0 unspecified atom stereocenters. The fourth-order valence-corrected chi connectivity index (χ4v) is 3.50. The summed E-state index contributed by atoms with van der Waals surface area (Å²) in [6, 6.07) is 24.6. The smallest absolute Gasteiger partial charge is 0.230 e. The van der Waals surface area contributed by atoms with Crippen molar-refractivity contribution in [3.05, 3.63) is 94.5 Å². The second-order valence-corrected chi connectivity index (χ2v) is 8.62. The molecule has 0 amide bonds. The van der Waals surface area contributed by atoms with Crippen LogP contribution in [0.5, 0.6) is 0 Å². The van der Waals surface area contributed by atoms with Crippen molar-refractivity contribution in [3.8, 4) is 0 Å². The fourth-order valence-electron chi connectivity index (χ4n) is 3.32. The highest BCUT2D eigenvalue weighted by molar-refractivity contribution is 6.33. The quantitative estimate of drug-likeness (QED) is 0.346. The lowest BCUT2D eigenvalue weighted by atomic mass is 9.87. The molecule has 0 aliphatic rings. The van der Waals surface area contributed by atoms with Gasteiger partial charge in [0.05, 0.1) is 17.6 Å². The van der Waals surface area contributed by atoms with Gasteiger partial charge < -0.3 is 4.57 Å². The second-order valence-electron chi connectivity index (χ2n) is 8.21. The molecule has 0 fully saturated rings. The molecule has 0 atom stereocenters. The summed E-state index contributed by atoms with van der Waals surface area (Å²) in [5.74, 6) is 0.672. The molecule has 4 heteroatoms. The standard InChI is InChI=1S/C25H24ClN3/c1-25(2,3)20-14-12-18(13-15-20)17-29-23-11-7-6-10-22(23)28-24(29)27-16-19-8-4-5-9-21(19)26/h4-16H,17H2,1-3H3/b27-16-. The number of halogens is 1. The number of hydrogen-bond donors (Lipinski definition) is 0. The first-order valence-electron chi connectivity index (χ1n) is 9.75. The van der Waals surface area contributed by atoms with Gasteiger partial charge in [-0.3, -0.25) is 0 Å². The van der Waals surface area contributed by atoms with Crippen LogP contribution in [0.15, 0.2) is 77.8 Å². The van der Waals surface area contributed by atoms with E-state index in [-0.39, 0.29) is 5.41 Å². The van der Waals surface area contributed by atoms with E-state index in [0.29, 0.717) is 17.5 Å². The Bertz CT molecular complexity index is 1160. The first-order valence-corrected chi connectivity index (χ1v) is 10.1. The maximum Gasteiger partial charge on any atom is 0.230 e. The first kappa shape index (κ1) is 19.4. The maximum absolute atomic E-state index is 6.27. The third kappa shape index (κ3) is 4.25. The maximum atomic E-state index is 6.27. The van der Waals surface area contributed by atoms with Gasteiger partial charge in [-0.1, -0.05) is 87.0 Å². The molecule has 146 valence electrons. The van der Waals surface area contributed by atoms with Crippen molar-refractivity contribution >= 4 is 34.8 Å². The van der Waals surface area contributed by atoms with Crippen molar-refractivity contribution < 1.29 is 0 Å². The monoisotopic (exact) mass is 401 g/mol. The normalized spacial score (nSPS) is 12.1. The van der Waals surface area contributed by atoms with E-state index < -0.39 is 0 Å². The van der Waals surface area contributed by atoms with E-state index in [1.165, 1.54) is 11.1 Å². The lowest BCUT2D eigenvalue weighted by Crippen LogP contribution is -2.11.